The first-order valence-corrected chi connectivity index (χ1v) is 13.3. The van der Waals surface area contributed by atoms with E-state index < -0.39 is 11.6 Å². The van der Waals surface area contributed by atoms with Gasteiger partial charge in [0, 0.05) is 0 Å². The van der Waals surface area contributed by atoms with E-state index in [2.05, 4.69) is 19.1 Å². The molecule has 0 saturated heterocycles. The summed E-state index contributed by atoms with van der Waals surface area (Å²) in [4.78, 5) is 0. The highest BCUT2D eigenvalue weighted by molar-refractivity contribution is 5.30. The molecule has 1 aromatic carbocycles. The first-order chi connectivity index (χ1) is 15.6. The molecule has 1 aromatic rings. The second-order valence-electron chi connectivity index (χ2n) is 10.9. The van der Waals surface area contributed by atoms with Gasteiger partial charge in [0.1, 0.15) is 0 Å². The molecule has 3 aliphatic carbocycles. The minimum atomic E-state index is -0.605. The Kier molecular flexibility index (Phi) is 8.24. The summed E-state index contributed by atoms with van der Waals surface area (Å²) in [6.07, 6.45) is 22.8. The number of halogens is 2. The van der Waals surface area contributed by atoms with Gasteiger partial charge in [-0.05, 0) is 138 Å². The van der Waals surface area contributed by atoms with Crippen LogP contribution >= 0.6 is 0 Å². The fourth-order valence-electron chi connectivity index (χ4n) is 7.24. The van der Waals surface area contributed by atoms with E-state index in [4.69, 9.17) is 0 Å². The quantitative estimate of drug-likeness (QED) is 0.387. The van der Waals surface area contributed by atoms with Gasteiger partial charge in [0.15, 0.2) is 11.6 Å². The van der Waals surface area contributed by atoms with Crippen LogP contribution in [0.1, 0.15) is 102 Å². The summed E-state index contributed by atoms with van der Waals surface area (Å²) in [6.45, 7) is 4.10. The number of hydrogen-bond acceptors (Lipinski definition) is 0. The average Bonchev–Trinajstić information content (AvgIpc) is 2.82. The van der Waals surface area contributed by atoms with Crippen molar-refractivity contribution < 1.29 is 8.78 Å². The standard InChI is InChI=1S/C30H42F2/c1-3-5-6-8-23-17-18-28(30(32)29(23)31)27-16-15-25-19-24(13-14-26(25)20-27)22-11-9-21(7-4-2)10-12-22/h3-5,7,17-18,21-22,24-27H,6,8-16,19-20H2,1-2H3/b5-3+,7-4+. The van der Waals surface area contributed by atoms with Crippen molar-refractivity contribution in [2.24, 2.45) is 29.6 Å². The maximum atomic E-state index is 15.0. The van der Waals surface area contributed by atoms with Gasteiger partial charge >= 0.3 is 0 Å². The molecule has 0 radical (unpaired) electrons. The Labute approximate surface area is 194 Å². The maximum Gasteiger partial charge on any atom is 0.162 e. The third-order valence-electron chi connectivity index (χ3n) is 9.05. The average molecular weight is 441 g/mol. The van der Waals surface area contributed by atoms with Gasteiger partial charge in [0.25, 0.3) is 0 Å². The van der Waals surface area contributed by atoms with Gasteiger partial charge < -0.3 is 0 Å². The number of hydrogen-bond donors (Lipinski definition) is 0. The summed E-state index contributed by atoms with van der Waals surface area (Å²) < 4.78 is 29.7. The van der Waals surface area contributed by atoms with Crippen LogP contribution in [-0.2, 0) is 6.42 Å². The SMILES string of the molecule is C/C=C/CCc1ccc(C2CCC3CC(C4CCC(/C=C/C)CC4)CCC3C2)c(F)c1F. The molecule has 3 fully saturated rings. The van der Waals surface area contributed by atoms with E-state index in [1.807, 2.05) is 31.2 Å². The van der Waals surface area contributed by atoms with Crippen molar-refractivity contribution in [2.45, 2.75) is 96.8 Å². The lowest BCUT2D eigenvalue weighted by atomic mass is 9.60. The second-order valence-corrected chi connectivity index (χ2v) is 10.9. The molecule has 4 unspecified atom stereocenters. The summed E-state index contributed by atoms with van der Waals surface area (Å²) in [6, 6.07) is 3.73. The smallest absolute Gasteiger partial charge is 0.162 e. The van der Waals surface area contributed by atoms with Crippen molar-refractivity contribution in [1.82, 2.24) is 0 Å². The van der Waals surface area contributed by atoms with E-state index in [0.29, 0.717) is 23.5 Å². The van der Waals surface area contributed by atoms with Gasteiger partial charge in [0.05, 0.1) is 0 Å². The van der Waals surface area contributed by atoms with Crippen LogP contribution in [0.4, 0.5) is 8.78 Å². The van der Waals surface area contributed by atoms with Crippen LogP contribution in [0.3, 0.4) is 0 Å². The number of allylic oxidation sites excluding steroid dienone is 4. The summed E-state index contributed by atoms with van der Waals surface area (Å²) in [5.41, 5.74) is 1.16. The molecule has 32 heavy (non-hydrogen) atoms. The fourth-order valence-corrected chi connectivity index (χ4v) is 7.24. The molecule has 176 valence electrons. The summed E-state index contributed by atoms with van der Waals surface area (Å²) in [7, 11) is 0. The second kappa shape index (κ2) is 11.1. The molecular formula is C30H42F2. The molecule has 0 nitrogen and oxygen atoms in total. The van der Waals surface area contributed by atoms with Crippen LogP contribution in [0.15, 0.2) is 36.4 Å². The Morgan fingerprint density at radius 3 is 2.12 bits per heavy atom. The Morgan fingerprint density at radius 1 is 0.750 bits per heavy atom. The summed E-state index contributed by atoms with van der Waals surface area (Å²) in [5.74, 6) is 3.19. The van der Waals surface area contributed by atoms with Crippen molar-refractivity contribution in [2.75, 3.05) is 0 Å². The zero-order chi connectivity index (χ0) is 22.5. The Morgan fingerprint density at radius 2 is 1.41 bits per heavy atom. The Hall–Kier alpha value is -1.44. The molecule has 0 aliphatic heterocycles. The molecule has 0 N–H and O–H groups in total. The van der Waals surface area contributed by atoms with E-state index in [9.17, 15) is 8.78 Å². The van der Waals surface area contributed by atoms with Crippen LogP contribution in [0.25, 0.3) is 0 Å². The zero-order valence-corrected chi connectivity index (χ0v) is 20.2. The molecule has 0 heterocycles. The number of rotatable bonds is 6. The topological polar surface area (TPSA) is 0 Å². The van der Waals surface area contributed by atoms with Gasteiger partial charge in [-0.2, -0.15) is 0 Å². The highest BCUT2D eigenvalue weighted by atomic mass is 19.2. The predicted octanol–water partition coefficient (Wildman–Crippen LogP) is 9.16. The first kappa shape index (κ1) is 23.7. The van der Waals surface area contributed by atoms with Crippen LogP contribution in [-0.4, -0.2) is 0 Å². The van der Waals surface area contributed by atoms with Gasteiger partial charge in [-0.25, -0.2) is 8.78 Å². The maximum absolute atomic E-state index is 15.0. The van der Waals surface area contributed by atoms with Gasteiger partial charge in [-0.15, -0.1) is 0 Å². The van der Waals surface area contributed by atoms with Crippen molar-refractivity contribution in [3.05, 3.63) is 59.2 Å². The van der Waals surface area contributed by atoms with Crippen molar-refractivity contribution in [3.8, 4) is 0 Å². The van der Waals surface area contributed by atoms with Crippen molar-refractivity contribution in [1.29, 1.82) is 0 Å². The number of fused-ring (bicyclic) bond motifs is 1. The minimum absolute atomic E-state index is 0.197. The lowest BCUT2D eigenvalue weighted by molar-refractivity contribution is 0.0743. The Balaban J connectivity index is 1.33. The first-order valence-electron chi connectivity index (χ1n) is 13.3. The molecule has 3 aliphatic rings. The summed E-state index contributed by atoms with van der Waals surface area (Å²) >= 11 is 0. The molecule has 4 atom stereocenters. The predicted molar refractivity (Wildman–Crippen MR) is 131 cm³/mol. The fraction of sp³-hybridized carbons (Fsp3) is 0.667. The van der Waals surface area contributed by atoms with Crippen molar-refractivity contribution in [3.63, 3.8) is 0 Å². The van der Waals surface area contributed by atoms with Crippen LogP contribution < -0.4 is 0 Å². The highest BCUT2D eigenvalue weighted by Crippen LogP contribution is 2.51. The molecule has 0 amide bonds. The number of aryl methyl sites for hydroxylation is 1. The third-order valence-corrected chi connectivity index (χ3v) is 9.05. The highest BCUT2D eigenvalue weighted by Gasteiger charge is 2.39. The molecule has 0 spiro atoms. The van der Waals surface area contributed by atoms with Gasteiger partial charge in [0.2, 0.25) is 0 Å². The molecular weight excluding hydrogens is 398 g/mol. The normalized spacial score (nSPS) is 33.6. The van der Waals surface area contributed by atoms with E-state index in [1.54, 1.807) is 0 Å². The molecule has 3 saturated carbocycles. The van der Waals surface area contributed by atoms with Crippen molar-refractivity contribution >= 4 is 0 Å². The Bertz CT molecular complexity index is 799. The minimum Gasteiger partial charge on any atom is -0.203 e. The van der Waals surface area contributed by atoms with Gasteiger partial charge in [-0.1, -0.05) is 36.4 Å². The lowest BCUT2D eigenvalue weighted by Crippen LogP contribution is -2.34. The molecule has 0 bridgehead atoms. The van der Waals surface area contributed by atoms with E-state index in [0.717, 1.165) is 42.9 Å². The summed E-state index contributed by atoms with van der Waals surface area (Å²) in [5, 5.41) is 0. The van der Waals surface area contributed by atoms with E-state index in [1.165, 1.54) is 51.4 Å². The van der Waals surface area contributed by atoms with Crippen LogP contribution in [0, 0.1) is 41.2 Å². The van der Waals surface area contributed by atoms with E-state index >= 15 is 0 Å². The third kappa shape index (κ3) is 5.37. The monoisotopic (exact) mass is 440 g/mol. The van der Waals surface area contributed by atoms with E-state index in [-0.39, 0.29) is 5.92 Å². The number of benzene rings is 1. The van der Waals surface area contributed by atoms with Gasteiger partial charge in [-0.3, -0.25) is 0 Å². The molecule has 0 aromatic heterocycles. The molecule has 4 rings (SSSR count). The van der Waals surface area contributed by atoms with Crippen LogP contribution in [0.2, 0.25) is 0 Å². The lowest BCUT2D eigenvalue weighted by Gasteiger charge is -2.45. The largest absolute Gasteiger partial charge is 0.203 e. The molecule has 2 heteroatoms. The van der Waals surface area contributed by atoms with Crippen LogP contribution in [0.5, 0.6) is 0 Å². The zero-order valence-electron chi connectivity index (χ0n) is 20.2.